The van der Waals surface area contributed by atoms with Crippen molar-refractivity contribution in [2.45, 2.75) is 19.0 Å². The zero-order chi connectivity index (χ0) is 19.5. The summed E-state index contributed by atoms with van der Waals surface area (Å²) < 4.78 is 11.1. The lowest BCUT2D eigenvalue weighted by Crippen LogP contribution is -2.44. The number of carbonyl (C=O) groups excluding carboxylic acids is 2. The van der Waals surface area contributed by atoms with E-state index < -0.39 is 6.04 Å². The van der Waals surface area contributed by atoms with Crippen LogP contribution < -0.4 is 14.8 Å². The number of anilines is 1. The molecule has 0 spiro atoms. The number of hydrogen-bond donors (Lipinski definition) is 1. The van der Waals surface area contributed by atoms with Crippen LogP contribution in [0.3, 0.4) is 0 Å². The molecule has 2 amide bonds. The number of ether oxygens (including phenoxy) is 2. The highest BCUT2D eigenvalue weighted by Gasteiger charge is 2.36. The van der Waals surface area contributed by atoms with E-state index in [1.54, 1.807) is 34.9 Å². The van der Waals surface area contributed by atoms with Crippen LogP contribution in [0.1, 0.15) is 22.3 Å². The van der Waals surface area contributed by atoms with Crippen molar-refractivity contribution in [3.05, 3.63) is 53.6 Å². The third-order valence-electron chi connectivity index (χ3n) is 4.93. The number of thioether (sulfide) groups is 1. The number of fused-ring (bicyclic) bond motifs is 2. The predicted molar refractivity (Wildman–Crippen MR) is 109 cm³/mol. The number of hydrogen-bond acceptors (Lipinski definition) is 5. The van der Waals surface area contributed by atoms with Crippen molar-refractivity contribution < 1.29 is 19.1 Å². The van der Waals surface area contributed by atoms with Crippen molar-refractivity contribution in [1.82, 2.24) is 4.90 Å². The van der Waals surface area contributed by atoms with Gasteiger partial charge in [-0.15, -0.1) is 0 Å². The zero-order valence-corrected chi connectivity index (χ0v) is 16.5. The Labute approximate surface area is 168 Å². The molecule has 2 aromatic carbocycles. The molecule has 2 aliphatic rings. The van der Waals surface area contributed by atoms with E-state index >= 15 is 0 Å². The molecular formula is C21H22N2O4S. The maximum Gasteiger partial charge on any atom is 0.255 e. The van der Waals surface area contributed by atoms with Crippen molar-refractivity contribution in [2.75, 3.05) is 30.5 Å². The summed E-state index contributed by atoms with van der Waals surface area (Å²) in [6.45, 7) is 1.47. The SMILES string of the molecule is CSCC[C@@H](C(=O)Nc1ccc2c(c1)OCCO2)N1Cc2ccccc2C1=O. The van der Waals surface area contributed by atoms with Crippen molar-refractivity contribution in [2.24, 2.45) is 0 Å². The quantitative estimate of drug-likeness (QED) is 0.810. The fourth-order valence-electron chi connectivity index (χ4n) is 3.53. The molecule has 4 rings (SSSR count). The largest absolute Gasteiger partial charge is 0.486 e. The van der Waals surface area contributed by atoms with Gasteiger partial charge < -0.3 is 19.7 Å². The first-order valence-electron chi connectivity index (χ1n) is 9.25. The van der Waals surface area contributed by atoms with Crippen LogP contribution in [0.15, 0.2) is 42.5 Å². The Morgan fingerprint density at radius 2 is 1.96 bits per heavy atom. The Morgan fingerprint density at radius 3 is 2.75 bits per heavy atom. The standard InChI is InChI=1S/C21H22N2O4S/c1-28-11-8-17(23-13-14-4-2-3-5-16(14)21(23)25)20(24)22-15-6-7-18-19(12-15)27-10-9-26-18/h2-7,12,17H,8-11,13H2,1H3,(H,22,24)/t17-/m0/s1. The van der Waals surface area contributed by atoms with E-state index in [4.69, 9.17) is 9.47 Å². The summed E-state index contributed by atoms with van der Waals surface area (Å²) >= 11 is 1.66. The molecule has 0 fully saturated rings. The smallest absolute Gasteiger partial charge is 0.255 e. The minimum atomic E-state index is -0.527. The van der Waals surface area contributed by atoms with E-state index in [1.165, 1.54) is 0 Å². The maximum absolute atomic E-state index is 13.1. The van der Waals surface area contributed by atoms with Crippen LogP contribution in [0, 0.1) is 0 Å². The first-order chi connectivity index (χ1) is 13.7. The van der Waals surface area contributed by atoms with Gasteiger partial charge in [0.1, 0.15) is 19.3 Å². The molecule has 0 saturated carbocycles. The number of amides is 2. The number of rotatable bonds is 6. The number of nitrogens with zero attached hydrogens (tertiary/aromatic N) is 1. The lowest BCUT2D eigenvalue weighted by atomic mass is 10.1. The van der Waals surface area contributed by atoms with Crippen LogP contribution in [0.4, 0.5) is 5.69 Å². The average Bonchev–Trinajstić information content (AvgIpc) is 3.05. The second-order valence-corrected chi connectivity index (χ2v) is 7.72. The number of benzene rings is 2. The third-order valence-corrected chi connectivity index (χ3v) is 5.58. The molecule has 0 bridgehead atoms. The average molecular weight is 398 g/mol. The topological polar surface area (TPSA) is 67.9 Å². The van der Waals surface area contributed by atoms with E-state index in [-0.39, 0.29) is 11.8 Å². The highest BCUT2D eigenvalue weighted by atomic mass is 32.2. The number of carbonyl (C=O) groups is 2. The second kappa shape index (κ2) is 8.14. The van der Waals surface area contributed by atoms with Crippen LogP contribution in [-0.2, 0) is 11.3 Å². The van der Waals surface area contributed by atoms with Gasteiger partial charge in [0.25, 0.3) is 5.91 Å². The Balaban J connectivity index is 1.53. The first-order valence-corrected chi connectivity index (χ1v) is 10.6. The Hall–Kier alpha value is -2.67. The summed E-state index contributed by atoms with van der Waals surface area (Å²) in [7, 11) is 0. The minimum Gasteiger partial charge on any atom is -0.486 e. The van der Waals surface area contributed by atoms with E-state index in [9.17, 15) is 9.59 Å². The van der Waals surface area contributed by atoms with Gasteiger partial charge in [0, 0.05) is 23.9 Å². The van der Waals surface area contributed by atoms with Crippen LogP contribution in [0.2, 0.25) is 0 Å². The molecule has 0 aliphatic carbocycles. The maximum atomic E-state index is 13.1. The Morgan fingerprint density at radius 1 is 1.18 bits per heavy atom. The van der Waals surface area contributed by atoms with E-state index in [0.717, 1.165) is 11.3 Å². The van der Waals surface area contributed by atoms with Crippen molar-refractivity contribution in [3.63, 3.8) is 0 Å². The molecule has 6 nitrogen and oxygen atoms in total. The molecule has 0 saturated heterocycles. The van der Waals surface area contributed by atoms with Gasteiger partial charge in [-0.05, 0) is 42.2 Å². The Bertz CT molecular complexity index is 902. The molecule has 0 aromatic heterocycles. The summed E-state index contributed by atoms with van der Waals surface area (Å²) in [5.41, 5.74) is 2.28. The third kappa shape index (κ3) is 3.67. The minimum absolute atomic E-state index is 0.0842. The van der Waals surface area contributed by atoms with E-state index in [0.29, 0.717) is 48.9 Å². The van der Waals surface area contributed by atoms with Gasteiger partial charge in [0.05, 0.1) is 0 Å². The summed E-state index contributed by atoms with van der Waals surface area (Å²) in [6, 6.07) is 12.3. The molecule has 1 N–H and O–H groups in total. The monoisotopic (exact) mass is 398 g/mol. The molecule has 0 radical (unpaired) electrons. The molecule has 28 heavy (non-hydrogen) atoms. The lowest BCUT2D eigenvalue weighted by Gasteiger charge is -2.27. The van der Waals surface area contributed by atoms with Gasteiger partial charge in [0.15, 0.2) is 11.5 Å². The molecule has 0 unspecified atom stereocenters. The molecule has 2 heterocycles. The zero-order valence-electron chi connectivity index (χ0n) is 15.6. The normalized spacial score (nSPS) is 15.9. The van der Waals surface area contributed by atoms with Gasteiger partial charge in [-0.25, -0.2) is 0 Å². The van der Waals surface area contributed by atoms with Crippen molar-refractivity contribution in [3.8, 4) is 11.5 Å². The van der Waals surface area contributed by atoms with Gasteiger partial charge >= 0.3 is 0 Å². The van der Waals surface area contributed by atoms with Crippen LogP contribution >= 0.6 is 11.8 Å². The van der Waals surface area contributed by atoms with E-state index in [1.807, 2.05) is 30.5 Å². The Kier molecular flexibility index (Phi) is 5.43. The molecule has 146 valence electrons. The fraction of sp³-hybridized carbons (Fsp3) is 0.333. The number of nitrogens with one attached hydrogen (secondary N) is 1. The summed E-state index contributed by atoms with van der Waals surface area (Å²) in [6.07, 6.45) is 2.59. The second-order valence-electron chi connectivity index (χ2n) is 6.74. The fourth-order valence-corrected chi connectivity index (χ4v) is 3.99. The molecule has 2 aromatic rings. The summed E-state index contributed by atoms with van der Waals surface area (Å²) in [5.74, 6) is 1.81. The molecule has 1 atom stereocenters. The van der Waals surface area contributed by atoms with Crippen molar-refractivity contribution >= 4 is 29.3 Å². The lowest BCUT2D eigenvalue weighted by molar-refractivity contribution is -0.120. The highest BCUT2D eigenvalue weighted by molar-refractivity contribution is 7.98. The van der Waals surface area contributed by atoms with Crippen LogP contribution in [0.5, 0.6) is 11.5 Å². The summed E-state index contributed by atoms with van der Waals surface area (Å²) in [5, 5.41) is 2.95. The van der Waals surface area contributed by atoms with Crippen molar-refractivity contribution in [1.29, 1.82) is 0 Å². The van der Waals surface area contributed by atoms with Gasteiger partial charge in [-0.1, -0.05) is 18.2 Å². The predicted octanol–water partition coefficient (Wildman–Crippen LogP) is 3.17. The molecular weight excluding hydrogens is 376 g/mol. The van der Waals surface area contributed by atoms with Gasteiger partial charge in [-0.2, -0.15) is 11.8 Å². The molecule has 2 aliphatic heterocycles. The van der Waals surface area contributed by atoms with Gasteiger partial charge in [-0.3, -0.25) is 9.59 Å². The van der Waals surface area contributed by atoms with E-state index in [2.05, 4.69) is 5.32 Å². The van der Waals surface area contributed by atoms with Gasteiger partial charge in [0.2, 0.25) is 5.91 Å². The van der Waals surface area contributed by atoms with Crippen LogP contribution in [-0.4, -0.2) is 48.0 Å². The highest BCUT2D eigenvalue weighted by Crippen LogP contribution is 2.33. The summed E-state index contributed by atoms with van der Waals surface area (Å²) in [4.78, 5) is 27.6. The molecule has 7 heteroatoms. The first kappa shape index (κ1) is 18.7. The van der Waals surface area contributed by atoms with Crippen LogP contribution in [0.25, 0.3) is 0 Å².